The summed E-state index contributed by atoms with van der Waals surface area (Å²) in [7, 11) is 0. The van der Waals surface area contributed by atoms with Gasteiger partial charge in [0.05, 0.1) is 12.1 Å². The molecule has 1 amide bonds. The van der Waals surface area contributed by atoms with Crippen molar-refractivity contribution in [2.75, 3.05) is 0 Å². The van der Waals surface area contributed by atoms with Crippen molar-refractivity contribution in [3.05, 3.63) is 94.6 Å². The molecule has 7 heteroatoms. The number of ether oxygens (including phenoxy) is 1. The van der Waals surface area contributed by atoms with Gasteiger partial charge in [-0.05, 0) is 44.4 Å². The summed E-state index contributed by atoms with van der Waals surface area (Å²) >= 11 is 0. The molecule has 2 aromatic heterocycles. The number of nitrogens with zero attached hydrogens (tertiary/aromatic N) is 2. The summed E-state index contributed by atoms with van der Waals surface area (Å²) in [5.41, 5.74) is 7.16. The number of nitrogens with one attached hydrogen (secondary N) is 1. The van der Waals surface area contributed by atoms with Gasteiger partial charge in [-0.2, -0.15) is 5.10 Å². The number of hydrogen-bond donors (Lipinski definition) is 1. The second-order valence-electron chi connectivity index (χ2n) is 8.63. The number of carbonyl (C=O) groups is 2. The number of benzene rings is 2. The van der Waals surface area contributed by atoms with Gasteiger partial charge in [0.1, 0.15) is 11.3 Å². The first-order valence-corrected chi connectivity index (χ1v) is 11.6. The van der Waals surface area contributed by atoms with Crippen LogP contribution in [0, 0.1) is 13.8 Å². The molecule has 2 aromatic carbocycles. The highest BCUT2D eigenvalue weighted by Crippen LogP contribution is 2.31. The van der Waals surface area contributed by atoms with Crippen LogP contribution >= 0.6 is 0 Å². The van der Waals surface area contributed by atoms with E-state index in [1.54, 1.807) is 6.07 Å². The minimum atomic E-state index is -0.583. The maximum atomic E-state index is 13.1. The van der Waals surface area contributed by atoms with E-state index >= 15 is 0 Å². The van der Waals surface area contributed by atoms with Crippen LogP contribution < -0.4 is 10.2 Å². The van der Waals surface area contributed by atoms with E-state index in [1.165, 1.54) is 0 Å². The van der Waals surface area contributed by atoms with Crippen molar-refractivity contribution in [1.82, 2.24) is 10.4 Å². The average molecular weight is 468 g/mol. The molecule has 0 aliphatic heterocycles. The third kappa shape index (κ3) is 4.71. The molecular formula is C28H25N3O4. The van der Waals surface area contributed by atoms with Crippen molar-refractivity contribution >= 4 is 28.5 Å². The van der Waals surface area contributed by atoms with Crippen LogP contribution in [0.5, 0.6) is 5.75 Å². The Morgan fingerprint density at radius 2 is 1.86 bits per heavy atom. The van der Waals surface area contributed by atoms with Crippen LogP contribution in [0.15, 0.2) is 70.2 Å². The molecule has 0 unspecified atom stereocenters. The number of hydrogen-bond acceptors (Lipinski definition) is 6. The van der Waals surface area contributed by atoms with Crippen LogP contribution in [-0.2, 0) is 17.6 Å². The molecule has 0 atom stereocenters. The first-order valence-electron chi connectivity index (χ1n) is 11.6. The van der Waals surface area contributed by atoms with E-state index in [-0.39, 0.29) is 18.1 Å². The van der Waals surface area contributed by atoms with Gasteiger partial charge in [0.25, 0.3) is 0 Å². The molecule has 1 N–H and O–H groups in total. The molecule has 0 spiro atoms. The molecule has 0 bridgehead atoms. The number of esters is 1. The van der Waals surface area contributed by atoms with Gasteiger partial charge >= 0.3 is 5.97 Å². The Labute approximate surface area is 202 Å². The van der Waals surface area contributed by atoms with E-state index in [0.717, 1.165) is 28.6 Å². The third-order valence-corrected chi connectivity index (χ3v) is 6.06. The summed E-state index contributed by atoms with van der Waals surface area (Å²) < 4.78 is 11.7. The maximum Gasteiger partial charge on any atom is 0.380 e. The minimum Gasteiger partial charge on any atom is -0.453 e. The van der Waals surface area contributed by atoms with E-state index < -0.39 is 5.97 Å². The van der Waals surface area contributed by atoms with Crippen LogP contribution in [0.25, 0.3) is 10.9 Å². The monoisotopic (exact) mass is 467 g/mol. The number of aromatic nitrogens is 1. The van der Waals surface area contributed by atoms with Crippen molar-refractivity contribution in [3.63, 3.8) is 0 Å². The zero-order valence-corrected chi connectivity index (χ0v) is 19.6. The van der Waals surface area contributed by atoms with E-state index in [0.29, 0.717) is 41.1 Å². The Morgan fingerprint density at radius 1 is 1.03 bits per heavy atom. The van der Waals surface area contributed by atoms with Gasteiger partial charge in [-0.25, -0.2) is 15.2 Å². The zero-order valence-electron chi connectivity index (χ0n) is 19.6. The van der Waals surface area contributed by atoms with E-state index in [2.05, 4.69) is 15.5 Å². The Bertz CT molecular complexity index is 1450. The lowest BCUT2D eigenvalue weighted by Crippen LogP contribution is -2.23. The van der Waals surface area contributed by atoms with Crippen molar-refractivity contribution in [2.24, 2.45) is 5.10 Å². The summed E-state index contributed by atoms with van der Waals surface area (Å²) in [5.74, 6) is 0.427. The molecule has 0 saturated heterocycles. The van der Waals surface area contributed by atoms with Gasteiger partial charge < -0.3 is 9.15 Å². The topological polar surface area (TPSA) is 93.8 Å². The molecule has 35 heavy (non-hydrogen) atoms. The fraction of sp³-hybridized carbons (Fsp3) is 0.214. The van der Waals surface area contributed by atoms with Crippen molar-refractivity contribution in [3.8, 4) is 5.75 Å². The molecule has 0 radical (unpaired) electrons. The number of hydrazone groups is 1. The Balaban J connectivity index is 1.38. The van der Waals surface area contributed by atoms with Crippen LogP contribution in [0.4, 0.5) is 0 Å². The van der Waals surface area contributed by atoms with E-state index in [1.807, 2.05) is 68.4 Å². The summed E-state index contributed by atoms with van der Waals surface area (Å²) in [6.07, 6.45) is 2.43. The fourth-order valence-corrected chi connectivity index (χ4v) is 4.37. The number of fused-ring (bicyclic) bond motifs is 2. The molecule has 1 aliphatic carbocycles. The molecule has 1 aliphatic rings. The van der Waals surface area contributed by atoms with Gasteiger partial charge in [-0.1, -0.05) is 48.5 Å². The quantitative estimate of drug-likeness (QED) is 0.251. The second kappa shape index (κ2) is 9.54. The Hall–Kier alpha value is -4.26. The van der Waals surface area contributed by atoms with Crippen molar-refractivity contribution < 1.29 is 18.7 Å². The standard InChI is InChI=1S/C28H25N3O4/c1-17-14-15-20-10-6-13-23(26(20)29-17)35-28(33)27-18(2)25-21(11-7-12-22(25)34-27)30-31-24(32)16-19-8-4-3-5-9-19/h3-6,8-10,13-15H,7,11-12,16H2,1-2H3,(H,31,32)/b30-21+. The molecule has 2 heterocycles. The molecule has 7 nitrogen and oxygen atoms in total. The lowest BCUT2D eigenvalue weighted by atomic mass is 9.93. The number of pyridine rings is 1. The number of amides is 1. The first-order chi connectivity index (χ1) is 17.0. The molecule has 5 rings (SSSR count). The Morgan fingerprint density at radius 3 is 2.69 bits per heavy atom. The molecular weight excluding hydrogens is 442 g/mol. The second-order valence-corrected chi connectivity index (χ2v) is 8.63. The molecule has 0 saturated carbocycles. The largest absolute Gasteiger partial charge is 0.453 e. The summed E-state index contributed by atoms with van der Waals surface area (Å²) in [6.45, 7) is 3.71. The highest BCUT2D eigenvalue weighted by Gasteiger charge is 2.29. The molecule has 176 valence electrons. The van der Waals surface area contributed by atoms with Crippen LogP contribution in [-0.4, -0.2) is 22.6 Å². The number of furan rings is 1. The zero-order chi connectivity index (χ0) is 24.4. The lowest BCUT2D eigenvalue weighted by molar-refractivity contribution is -0.120. The average Bonchev–Trinajstić information content (AvgIpc) is 3.21. The highest BCUT2D eigenvalue weighted by atomic mass is 16.5. The number of aryl methyl sites for hydroxylation is 2. The molecule has 0 fully saturated rings. The highest BCUT2D eigenvalue weighted by molar-refractivity contribution is 6.06. The summed E-state index contributed by atoms with van der Waals surface area (Å²) in [4.78, 5) is 30.0. The smallest absolute Gasteiger partial charge is 0.380 e. The number of rotatable bonds is 5. The number of para-hydroxylation sites is 1. The van der Waals surface area contributed by atoms with Gasteiger partial charge in [-0.15, -0.1) is 0 Å². The lowest BCUT2D eigenvalue weighted by Gasteiger charge is -2.13. The predicted octanol–water partition coefficient (Wildman–Crippen LogP) is 5.06. The maximum absolute atomic E-state index is 13.1. The van der Waals surface area contributed by atoms with Crippen LogP contribution in [0.1, 0.15) is 51.5 Å². The van der Waals surface area contributed by atoms with Crippen LogP contribution in [0.3, 0.4) is 0 Å². The summed E-state index contributed by atoms with van der Waals surface area (Å²) in [6, 6.07) is 18.8. The molecule has 4 aromatic rings. The SMILES string of the molecule is Cc1ccc2cccc(OC(=O)c3oc4c(c3C)/C(=N/NC(=O)Cc3ccccc3)CCC4)c2n1. The fourth-order valence-electron chi connectivity index (χ4n) is 4.37. The number of carbonyl (C=O) groups excluding carboxylic acids is 2. The van der Waals surface area contributed by atoms with Crippen LogP contribution in [0.2, 0.25) is 0 Å². The third-order valence-electron chi connectivity index (χ3n) is 6.06. The summed E-state index contributed by atoms with van der Waals surface area (Å²) in [5, 5.41) is 5.27. The van der Waals surface area contributed by atoms with Gasteiger partial charge in [0.2, 0.25) is 11.7 Å². The van der Waals surface area contributed by atoms with Crippen molar-refractivity contribution in [1.29, 1.82) is 0 Å². The predicted molar refractivity (Wildman–Crippen MR) is 133 cm³/mol. The minimum absolute atomic E-state index is 0.143. The Kier molecular flexibility index (Phi) is 6.14. The van der Waals surface area contributed by atoms with E-state index in [4.69, 9.17) is 9.15 Å². The normalized spacial score (nSPS) is 14.1. The van der Waals surface area contributed by atoms with E-state index in [9.17, 15) is 9.59 Å². The van der Waals surface area contributed by atoms with Gasteiger partial charge in [0.15, 0.2) is 5.75 Å². The van der Waals surface area contributed by atoms with Gasteiger partial charge in [-0.3, -0.25) is 4.79 Å². The first kappa shape index (κ1) is 22.5. The van der Waals surface area contributed by atoms with Crippen molar-refractivity contribution in [2.45, 2.75) is 39.5 Å². The van der Waals surface area contributed by atoms with Gasteiger partial charge in [0, 0.05) is 28.6 Å².